The highest BCUT2D eigenvalue weighted by molar-refractivity contribution is 6.18. The van der Waals surface area contributed by atoms with Gasteiger partial charge in [0.2, 0.25) is 0 Å². The summed E-state index contributed by atoms with van der Waals surface area (Å²) in [4.78, 5) is 0. The van der Waals surface area contributed by atoms with Crippen LogP contribution in [0.3, 0.4) is 0 Å². The zero-order valence-electron chi connectivity index (χ0n) is 9.38. The number of aliphatic hydroxyl groups is 1. The molecule has 3 heteroatoms. The fourth-order valence-electron chi connectivity index (χ4n) is 1.62. The van der Waals surface area contributed by atoms with Gasteiger partial charge in [0.1, 0.15) is 18.5 Å². The average Bonchev–Trinajstić information content (AvgIpc) is 2.15. The van der Waals surface area contributed by atoms with E-state index in [1.54, 1.807) is 0 Å². The van der Waals surface area contributed by atoms with Gasteiger partial charge in [-0.2, -0.15) is 0 Å². The van der Waals surface area contributed by atoms with Crippen molar-refractivity contribution >= 4 is 11.6 Å². The summed E-state index contributed by atoms with van der Waals surface area (Å²) in [6.45, 7) is 6.30. The number of benzene rings is 1. The number of rotatable bonds is 4. The highest BCUT2D eigenvalue weighted by Gasteiger charge is 2.08. The summed E-state index contributed by atoms with van der Waals surface area (Å²) in [6, 6.07) is 4.13. The molecule has 0 bridgehead atoms. The number of hydrogen-bond donors (Lipinski definition) is 1. The van der Waals surface area contributed by atoms with Crippen molar-refractivity contribution in [2.75, 3.05) is 12.5 Å². The second kappa shape index (κ2) is 5.38. The first-order chi connectivity index (χ1) is 7.04. The summed E-state index contributed by atoms with van der Waals surface area (Å²) in [6.07, 6.45) is -0.605. The molecule has 0 heterocycles. The van der Waals surface area contributed by atoms with Crippen LogP contribution in [0, 0.1) is 20.8 Å². The molecule has 1 unspecified atom stereocenters. The molecule has 0 aliphatic rings. The van der Waals surface area contributed by atoms with Gasteiger partial charge in [-0.05, 0) is 31.9 Å². The fourth-order valence-corrected chi connectivity index (χ4v) is 1.71. The molecule has 0 fully saturated rings. The van der Waals surface area contributed by atoms with Gasteiger partial charge in [-0.1, -0.05) is 17.7 Å². The minimum atomic E-state index is -0.605. The van der Waals surface area contributed by atoms with Crippen LogP contribution in [0.15, 0.2) is 12.1 Å². The van der Waals surface area contributed by atoms with Crippen molar-refractivity contribution in [3.05, 3.63) is 28.8 Å². The van der Waals surface area contributed by atoms with Crippen molar-refractivity contribution in [2.24, 2.45) is 0 Å². The molecule has 0 saturated carbocycles. The molecule has 1 aromatic rings. The summed E-state index contributed by atoms with van der Waals surface area (Å²) in [5.41, 5.74) is 3.40. The van der Waals surface area contributed by atoms with Gasteiger partial charge in [0.05, 0.1) is 5.88 Å². The zero-order chi connectivity index (χ0) is 11.4. The Labute approximate surface area is 95.8 Å². The number of ether oxygens (including phenoxy) is 1. The molecule has 1 rings (SSSR count). The number of hydrogen-bond acceptors (Lipinski definition) is 2. The van der Waals surface area contributed by atoms with Crippen LogP contribution in [0.4, 0.5) is 0 Å². The number of aryl methyl sites for hydroxylation is 3. The van der Waals surface area contributed by atoms with Crippen LogP contribution in [0.1, 0.15) is 16.7 Å². The lowest BCUT2D eigenvalue weighted by Gasteiger charge is -2.14. The van der Waals surface area contributed by atoms with Gasteiger partial charge >= 0.3 is 0 Å². The van der Waals surface area contributed by atoms with E-state index in [1.807, 2.05) is 13.8 Å². The van der Waals surface area contributed by atoms with E-state index in [0.29, 0.717) is 0 Å². The predicted octanol–water partition coefficient (Wildman–Crippen LogP) is 2.59. The Kier molecular flexibility index (Phi) is 4.43. The smallest absolute Gasteiger partial charge is 0.125 e. The molecule has 0 saturated heterocycles. The molecule has 84 valence electrons. The van der Waals surface area contributed by atoms with Crippen LogP contribution < -0.4 is 4.74 Å². The first-order valence-electron chi connectivity index (χ1n) is 4.99. The quantitative estimate of drug-likeness (QED) is 0.803. The van der Waals surface area contributed by atoms with Crippen molar-refractivity contribution in [1.29, 1.82) is 0 Å². The van der Waals surface area contributed by atoms with E-state index in [-0.39, 0.29) is 12.5 Å². The normalized spacial score (nSPS) is 12.6. The van der Waals surface area contributed by atoms with Crippen LogP contribution in [-0.4, -0.2) is 23.7 Å². The fraction of sp³-hybridized carbons (Fsp3) is 0.500. The predicted molar refractivity (Wildman–Crippen MR) is 62.9 cm³/mol. The maximum atomic E-state index is 9.30. The lowest BCUT2D eigenvalue weighted by Crippen LogP contribution is -2.19. The Morgan fingerprint density at radius 2 is 1.80 bits per heavy atom. The highest BCUT2D eigenvalue weighted by atomic mass is 35.5. The van der Waals surface area contributed by atoms with Gasteiger partial charge in [0.25, 0.3) is 0 Å². The van der Waals surface area contributed by atoms with Gasteiger partial charge in [0.15, 0.2) is 0 Å². The minimum Gasteiger partial charge on any atom is -0.490 e. The number of halogens is 1. The maximum Gasteiger partial charge on any atom is 0.125 e. The van der Waals surface area contributed by atoms with E-state index in [9.17, 15) is 5.11 Å². The molecule has 0 amide bonds. The van der Waals surface area contributed by atoms with Gasteiger partial charge in [-0.3, -0.25) is 0 Å². The van der Waals surface area contributed by atoms with E-state index >= 15 is 0 Å². The highest BCUT2D eigenvalue weighted by Crippen LogP contribution is 2.24. The molecule has 0 aromatic heterocycles. The molecule has 1 N–H and O–H groups in total. The average molecular weight is 229 g/mol. The minimum absolute atomic E-state index is 0.198. The zero-order valence-corrected chi connectivity index (χ0v) is 10.1. The molecule has 1 aromatic carbocycles. The van der Waals surface area contributed by atoms with Crippen molar-refractivity contribution in [3.8, 4) is 5.75 Å². The summed E-state index contributed by atoms with van der Waals surface area (Å²) < 4.78 is 5.54. The Balaban J connectivity index is 2.77. The molecule has 1 atom stereocenters. The van der Waals surface area contributed by atoms with Crippen molar-refractivity contribution in [2.45, 2.75) is 26.9 Å². The van der Waals surface area contributed by atoms with Crippen molar-refractivity contribution in [3.63, 3.8) is 0 Å². The summed E-state index contributed by atoms with van der Waals surface area (Å²) in [7, 11) is 0. The largest absolute Gasteiger partial charge is 0.490 e. The molecular weight excluding hydrogens is 212 g/mol. The molecule has 2 nitrogen and oxygen atoms in total. The van der Waals surface area contributed by atoms with Gasteiger partial charge in [-0.25, -0.2) is 0 Å². The lowest BCUT2D eigenvalue weighted by molar-refractivity contribution is 0.124. The molecule has 0 aliphatic carbocycles. The van der Waals surface area contributed by atoms with Crippen molar-refractivity contribution < 1.29 is 9.84 Å². The SMILES string of the molecule is Cc1cc(C)c(OCC(O)CCl)c(C)c1. The van der Waals surface area contributed by atoms with E-state index in [1.165, 1.54) is 5.56 Å². The van der Waals surface area contributed by atoms with E-state index < -0.39 is 6.10 Å². The third kappa shape index (κ3) is 3.40. The van der Waals surface area contributed by atoms with Gasteiger partial charge in [-0.15, -0.1) is 11.6 Å². The Bertz CT molecular complexity index is 313. The summed E-state index contributed by atoms with van der Waals surface area (Å²) in [5, 5.41) is 9.30. The van der Waals surface area contributed by atoms with Crippen LogP contribution in [0.2, 0.25) is 0 Å². The third-order valence-corrected chi connectivity index (χ3v) is 2.56. The summed E-state index contributed by atoms with van der Waals surface area (Å²) >= 11 is 5.49. The van der Waals surface area contributed by atoms with E-state index in [2.05, 4.69) is 19.1 Å². The molecule has 0 radical (unpaired) electrons. The molecule has 0 spiro atoms. The Hall–Kier alpha value is -0.730. The molecule has 15 heavy (non-hydrogen) atoms. The summed E-state index contributed by atoms with van der Waals surface area (Å²) in [5.74, 6) is 1.05. The standard InChI is InChI=1S/C12H17ClO2/c1-8-4-9(2)12(10(3)5-8)15-7-11(14)6-13/h4-5,11,14H,6-7H2,1-3H3. The van der Waals surface area contributed by atoms with E-state index in [0.717, 1.165) is 16.9 Å². The second-order valence-corrected chi connectivity index (χ2v) is 4.16. The Morgan fingerprint density at radius 1 is 1.27 bits per heavy atom. The number of alkyl halides is 1. The monoisotopic (exact) mass is 228 g/mol. The third-order valence-electron chi connectivity index (χ3n) is 2.20. The van der Waals surface area contributed by atoms with Gasteiger partial charge in [0, 0.05) is 0 Å². The van der Waals surface area contributed by atoms with Gasteiger partial charge < -0.3 is 9.84 Å². The second-order valence-electron chi connectivity index (χ2n) is 3.85. The first-order valence-corrected chi connectivity index (χ1v) is 5.52. The topological polar surface area (TPSA) is 29.5 Å². The van der Waals surface area contributed by atoms with Crippen LogP contribution in [0.5, 0.6) is 5.75 Å². The number of aliphatic hydroxyl groups excluding tert-OH is 1. The van der Waals surface area contributed by atoms with Crippen LogP contribution >= 0.6 is 11.6 Å². The van der Waals surface area contributed by atoms with E-state index in [4.69, 9.17) is 16.3 Å². The molecular formula is C12H17ClO2. The van der Waals surface area contributed by atoms with Crippen molar-refractivity contribution in [1.82, 2.24) is 0 Å². The Morgan fingerprint density at radius 3 is 2.27 bits per heavy atom. The lowest BCUT2D eigenvalue weighted by atomic mass is 10.1. The maximum absolute atomic E-state index is 9.30. The molecule has 0 aliphatic heterocycles. The first kappa shape index (κ1) is 12.3. The van der Waals surface area contributed by atoms with Crippen LogP contribution in [0.25, 0.3) is 0 Å². The van der Waals surface area contributed by atoms with Crippen LogP contribution in [-0.2, 0) is 0 Å².